The summed E-state index contributed by atoms with van der Waals surface area (Å²) in [6, 6.07) is 18.5. The summed E-state index contributed by atoms with van der Waals surface area (Å²) in [7, 11) is 0. The summed E-state index contributed by atoms with van der Waals surface area (Å²) in [5, 5.41) is 7.08. The van der Waals surface area contributed by atoms with Crippen LogP contribution in [0.1, 0.15) is 10.5 Å². The number of ether oxygens (including phenoxy) is 2. The Hall–Kier alpha value is -4.13. The third kappa shape index (κ3) is 3.41. The maximum Gasteiger partial charge on any atom is 0.274 e. The Kier molecular flexibility index (Phi) is 4.18. The Morgan fingerprint density at radius 1 is 0.897 bits per heavy atom. The van der Waals surface area contributed by atoms with Crippen LogP contribution < -0.4 is 20.1 Å². The monoisotopic (exact) mass is 384 g/mol. The van der Waals surface area contributed by atoms with Crippen LogP contribution in [0.3, 0.4) is 0 Å². The molecule has 0 saturated heterocycles. The number of aromatic nitrogens is 2. The second-order valence-electron chi connectivity index (χ2n) is 6.46. The second-order valence-corrected chi connectivity index (χ2v) is 6.46. The number of amides is 1. The highest BCUT2D eigenvalue weighted by Crippen LogP contribution is 2.35. The molecule has 29 heavy (non-hydrogen) atoms. The Morgan fingerprint density at radius 2 is 1.76 bits per heavy atom. The largest absolute Gasteiger partial charge is 0.454 e. The molecule has 5 rings (SSSR count). The smallest absolute Gasteiger partial charge is 0.274 e. The average molecular weight is 384 g/mol. The van der Waals surface area contributed by atoms with Gasteiger partial charge in [0.15, 0.2) is 11.5 Å². The highest BCUT2D eigenvalue weighted by molar-refractivity contribution is 6.07. The van der Waals surface area contributed by atoms with Crippen molar-refractivity contribution in [2.75, 3.05) is 17.4 Å². The van der Waals surface area contributed by atoms with Gasteiger partial charge in [0, 0.05) is 23.3 Å². The van der Waals surface area contributed by atoms with Gasteiger partial charge in [-0.1, -0.05) is 18.2 Å². The van der Waals surface area contributed by atoms with Crippen molar-refractivity contribution in [1.82, 2.24) is 9.97 Å². The quantitative estimate of drug-likeness (QED) is 0.544. The van der Waals surface area contributed by atoms with Gasteiger partial charge >= 0.3 is 0 Å². The van der Waals surface area contributed by atoms with Crippen molar-refractivity contribution in [2.45, 2.75) is 0 Å². The van der Waals surface area contributed by atoms with Gasteiger partial charge in [-0.15, -0.1) is 0 Å². The lowest BCUT2D eigenvalue weighted by atomic mass is 10.2. The molecule has 3 heterocycles. The SMILES string of the molecule is O=C(Nc1cccc2cccnc12)c1ccc(Nc2ccc3c(c2)OCO3)cn1. The molecule has 0 unspecified atom stereocenters. The number of nitrogens with one attached hydrogen (secondary N) is 2. The highest BCUT2D eigenvalue weighted by atomic mass is 16.7. The molecule has 2 aromatic carbocycles. The highest BCUT2D eigenvalue weighted by Gasteiger charge is 2.14. The number of pyridine rings is 2. The number of anilines is 3. The molecule has 0 saturated carbocycles. The maximum atomic E-state index is 12.6. The molecule has 0 atom stereocenters. The lowest BCUT2D eigenvalue weighted by molar-refractivity contribution is 0.102. The van der Waals surface area contributed by atoms with Crippen LogP contribution in [0, 0.1) is 0 Å². The molecule has 1 aliphatic rings. The van der Waals surface area contributed by atoms with E-state index in [-0.39, 0.29) is 12.7 Å². The summed E-state index contributed by atoms with van der Waals surface area (Å²) in [5.74, 6) is 1.13. The van der Waals surface area contributed by atoms with Gasteiger partial charge in [0.2, 0.25) is 6.79 Å². The van der Waals surface area contributed by atoms with E-state index in [2.05, 4.69) is 20.6 Å². The van der Waals surface area contributed by atoms with Crippen LogP contribution in [0.2, 0.25) is 0 Å². The van der Waals surface area contributed by atoms with Gasteiger partial charge in [0.1, 0.15) is 5.69 Å². The van der Waals surface area contributed by atoms with Crippen LogP contribution in [-0.4, -0.2) is 22.7 Å². The Morgan fingerprint density at radius 3 is 2.66 bits per heavy atom. The van der Waals surface area contributed by atoms with E-state index in [0.29, 0.717) is 17.1 Å². The minimum atomic E-state index is -0.294. The standard InChI is InChI=1S/C22H16N4O3/c27-22(26-17-5-1-3-14-4-2-10-23-21(14)17)18-8-6-16(12-24-18)25-15-7-9-19-20(11-15)29-13-28-19/h1-12,25H,13H2,(H,26,27). The minimum absolute atomic E-state index is 0.233. The molecule has 4 aromatic rings. The third-order valence-corrected chi connectivity index (χ3v) is 4.54. The van der Waals surface area contributed by atoms with E-state index in [1.54, 1.807) is 24.5 Å². The molecule has 142 valence electrons. The maximum absolute atomic E-state index is 12.6. The number of nitrogens with zero attached hydrogens (tertiary/aromatic N) is 2. The predicted molar refractivity (Wildman–Crippen MR) is 110 cm³/mol. The van der Waals surface area contributed by atoms with Crippen molar-refractivity contribution in [2.24, 2.45) is 0 Å². The molecule has 2 N–H and O–H groups in total. The lowest BCUT2D eigenvalue weighted by Crippen LogP contribution is -2.14. The number of carbonyl (C=O) groups excluding carboxylic acids is 1. The first kappa shape index (κ1) is 17.0. The summed E-state index contributed by atoms with van der Waals surface area (Å²) in [5.41, 5.74) is 3.30. The fraction of sp³-hybridized carbons (Fsp3) is 0.0455. The lowest BCUT2D eigenvalue weighted by Gasteiger charge is -2.09. The molecule has 1 amide bonds. The molecule has 0 aliphatic carbocycles. The van der Waals surface area contributed by atoms with Crippen molar-refractivity contribution in [3.63, 3.8) is 0 Å². The molecule has 0 bridgehead atoms. The summed E-state index contributed by atoms with van der Waals surface area (Å²) in [6.07, 6.45) is 3.31. The number of benzene rings is 2. The van der Waals surface area contributed by atoms with Crippen molar-refractivity contribution < 1.29 is 14.3 Å². The van der Waals surface area contributed by atoms with Crippen LogP contribution >= 0.6 is 0 Å². The number of fused-ring (bicyclic) bond motifs is 2. The van der Waals surface area contributed by atoms with Crippen molar-refractivity contribution >= 4 is 33.9 Å². The number of carbonyl (C=O) groups is 1. The summed E-state index contributed by atoms with van der Waals surface area (Å²) < 4.78 is 10.7. The summed E-state index contributed by atoms with van der Waals surface area (Å²) in [4.78, 5) is 21.2. The third-order valence-electron chi connectivity index (χ3n) is 4.54. The first-order valence-electron chi connectivity index (χ1n) is 9.04. The van der Waals surface area contributed by atoms with Gasteiger partial charge in [-0.2, -0.15) is 0 Å². The van der Waals surface area contributed by atoms with E-state index in [9.17, 15) is 4.79 Å². The Balaban J connectivity index is 1.31. The fourth-order valence-corrected chi connectivity index (χ4v) is 3.13. The Labute approximate surface area is 166 Å². The van der Waals surface area contributed by atoms with Crippen LogP contribution in [0.15, 0.2) is 73.1 Å². The van der Waals surface area contributed by atoms with Crippen LogP contribution in [0.4, 0.5) is 17.1 Å². The normalized spacial score (nSPS) is 12.0. The molecular formula is C22H16N4O3. The molecule has 0 fully saturated rings. The molecule has 7 nitrogen and oxygen atoms in total. The van der Waals surface area contributed by atoms with Gasteiger partial charge in [0.05, 0.1) is 23.1 Å². The number of rotatable bonds is 4. The van der Waals surface area contributed by atoms with E-state index in [0.717, 1.165) is 28.0 Å². The zero-order valence-electron chi connectivity index (χ0n) is 15.3. The summed E-state index contributed by atoms with van der Waals surface area (Å²) >= 11 is 0. The second kappa shape index (κ2) is 7.12. The van der Waals surface area contributed by atoms with E-state index in [4.69, 9.17) is 9.47 Å². The van der Waals surface area contributed by atoms with E-state index >= 15 is 0 Å². The van der Waals surface area contributed by atoms with Crippen LogP contribution in [0.5, 0.6) is 11.5 Å². The van der Waals surface area contributed by atoms with Gasteiger partial charge in [0.25, 0.3) is 5.91 Å². The Bertz CT molecular complexity index is 1200. The molecule has 1 aliphatic heterocycles. The minimum Gasteiger partial charge on any atom is -0.454 e. The van der Waals surface area contributed by atoms with Crippen molar-refractivity contribution in [3.8, 4) is 11.5 Å². The van der Waals surface area contributed by atoms with Gasteiger partial charge in [-0.05, 0) is 36.4 Å². The van der Waals surface area contributed by atoms with Crippen molar-refractivity contribution in [1.29, 1.82) is 0 Å². The number of para-hydroxylation sites is 1. The van der Waals surface area contributed by atoms with Crippen LogP contribution in [0.25, 0.3) is 10.9 Å². The summed E-state index contributed by atoms with van der Waals surface area (Å²) in [6.45, 7) is 0.233. The zero-order valence-corrected chi connectivity index (χ0v) is 15.3. The van der Waals surface area contributed by atoms with Gasteiger partial charge in [-0.25, -0.2) is 4.98 Å². The zero-order chi connectivity index (χ0) is 19.6. The first-order chi connectivity index (χ1) is 14.3. The number of hydrogen-bond acceptors (Lipinski definition) is 6. The van der Waals surface area contributed by atoms with Gasteiger partial charge in [-0.3, -0.25) is 9.78 Å². The number of hydrogen-bond donors (Lipinski definition) is 2. The predicted octanol–water partition coefficient (Wildman–Crippen LogP) is 4.35. The average Bonchev–Trinajstić information content (AvgIpc) is 3.22. The van der Waals surface area contributed by atoms with Crippen LogP contribution in [-0.2, 0) is 0 Å². The van der Waals surface area contributed by atoms with E-state index in [1.165, 1.54) is 0 Å². The molecular weight excluding hydrogens is 368 g/mol. The van der Waals surface area contributed by atoms with E-state index in [1.807, 2.05) is 48.5 Å². The fourth-order valence-electron chi connectivity index (χ4n) is 3.13. The van der Waals surface area contributed by atoms with Gasteiger partial charge < -0.3 is 20.1 Å². The first-order valence-corrected chi connectivity index (χ1v) is 9.04. The molecule has 2 aromatic heterocycles. The molecule has 0 spiro atoms. The molecule has 0 radical (unpaired) electrons. The van der Waals surface area contributed by atoms with E-state index < -0.39 is 0 Å². The molecule has 7 heteroatoms. The van der Waals surface area contributed by atoms with Crippen molar-refractivity contribution in [3.05, 3.63) is 78.8 Å². The topological polar surface area (TPSA) is 85.4 Å².